The molecule has 4 heteroatoms. The van der Waals surface area contributed by atoms with Gasteiger partial charge in [-0.25, -0.2) is 0 Å². The lowest BCUT2D eigenvalue weighted by atomic mass is 10.0. The Morgan fingerprint density at radius 2 is 0.614 bits per heavy atom. The molecule has 0 aromatic carbocycles. The molecule has 2 nitrogen and oxygen atoms in total. The number of Topliss-reactive ketones (excluding diaryl/α,β-unsaturated/α-hetero) is 2. The first-order valence-electron chi connectivity index (χ1n) is 19.9. The molecule has 0 aromatic rings. The molecule has 0 aliphatic rings. The number of carbonyl (C=O) groups is 2. The fourth-order valence-corrected chi connectivity index (χ4v) is 6.87. The van der Waals surface area contributed by atoms with Crippen molar-refractivity contribution in [1.29, 1.82) is 0 Å². The zero-order chi connectivity index (χ0) is 32.4. The van der Waals surface area contributed by atoms with Gasteiger partial charge in [0.15, 0.2) is 5.78 Å². The van der Waals surface area contributed by atoms with Gasteiger partial charge in [-0.15, -0.1) is 0 Å². The highest BCUT2D eigenvalue weighted by Crippen LogP contribution is 2.30. The second kappa shape index (κ2) is 34.4. The van der Waals surface area contributed by atoms with E-state index in [0.717, 1.165) is 70.6 Å². The molecule has 0 spiro atoms. The first-order chi connectivity index (χ1) is 21.4. The molecule has 44 heavy (non-hydrogen) atoms. The van der Waals surface area contributed by atoms with Crippen LogP contribution in [0.1, 0.15) is 239 Å². The summed E-state index contributed by atoms with van der Waals surface area (Å²) in [5, 5.41) is 0. The highest BCUT2D eigenvalue weighted by molar-refractivity contribution is 8.02. The summed E-state index contributed by atoms with van der Waals surface area (Å²) in [6.45, 7) is 4.56. The molecule has 0 atom stereocenters. The molecule has 0 unspecified atom stereocenters. The van der Waals surface area contributed by atoms with Gasteiger partial charge in [0.25, 0.3) is 0 Å². The van der Waals surface area contributed by atoms with Gasteiger partial charge < -0.3 is 0 Å². The van der Waals surface area contributed by atoms with Crippen molar-refractivity contribution < 1.29 is 9.59 Å². The maximum absolute atomic E-state index is 12.7. The fraction of sp³-hybridized carbons (Fsp3) is 0.950. The van der Waals surface area contributed by atoms with Crippen LogP contribution in [0.3, 0.4) is 0 Å². The van der Waals surface area contributed by atoms with Gasteiger partial charge in [-0.05, 0) is 25.7 Å². The van der Waals surface area contributed by atoms with Gasteiger partial charge in [0.1, 0.15) is 9.86 Å². The Hall–Kier alpha value is 0.0400. The Bertz CT molecular complexity index is 618. The summed E-state index contributed by atoms with van der Waals surface area (Å²) in [5.74, 6) is 0.655. The van der Waals surface area contributed by atoms with E-state index in [9.17, 15) is 9.59 Å². The lowest BCUT2D eigenvalue weighted by Crippen LogP contribution is -2.26. The molecule has 0 N–H and O–H groups in total. The summed E-state index contributed by atoms with van der Waals surface area (Å²) in [5.41, 5.74) is 0. The minimum absolute atomic E-state index is 0.200. The van der Waals surface area contributed by atoms with Gasteiger partial charge >= 0.3 is 0 Å². The van der Waals surface area contributed by atoms with Crippen molar-refractivity contribution in [3.63, 3.8) is 0 Å². The van der Waals surface area contributed by atoms with Crippen LogP contribution in [0.2, 0.25) is 0 Å². The summed E-state index contributed by atoms with van der Waals surface area (Å²) >= 11 is 9.25. The van der Waals surface area contributed by atoms with Crippen molar-refractivity contribution in [3.05, 3.63) is 0 Å². The van der Waals surface area contributed by atoms with Crippen LogP contribution in [0.5, 0.6) is 0 Å². The second-order valence-electron chi connectivity index (χ2n) is 14.0. The highest BCUT2D eigenvalue weighted by Gasteiger charge is 2.28. The van der Waals surface area contributed by atoms with Crippen molar-refractivity contribution in [1.82, 2.24) is 0 Å². The van der Waals surface area contributed by atoms with E-state index in [4.69, 9.17) is 0 Å². The zero-order valence-electron chi connectivity index (χ0n) is 30.0. The van der Waals surface area contributed by atoms with Crippen LogP contribution < -0.4 is 0 Å². The Morgan fingerprint density at radius 3 is 0.932 bits per heavy atom. The predicted octanol–water partition coefficient (Wildman–Crippen LogP) is 14.4. The Labute approximate surface area is 288 Å². The average molecular weight is 655 g/mol. The van der Waals surface area contributed by atoms with E-state index in [0.29, 0.717) is 12.2 Å². The number of ketones is 2. The molecule has 0 heterocycles. The number of unbranched alkanes of at least 4 members (excludes halogenated alkanes) is 28. The van der Waals surface area contributed by atoms with Gasteiger partial charge in [0.2, 0.25) is 0 Å². The first kappa shape index (κ1) is 44.0. The third-order valence-electron chi connectivity index (χ3n) is 9.49. The van der Waals surface area contributed by atoms with E-state index in [-0.39, 0.29) is 5.78 Å². The van der Waals surface area contributed by atoms with Crippen molar-refractivity contribution in [2.75, 3.05) is 0 Å². The van der Waals surface area contributed by atoms with Crippen LogP contribution in [0.4, 0.5) is 0 Å². The molecule has 262 valence electrons. The summed E-state index contributed by atoms with van der Waals surface area (Å²) in [6.07, 6.45) is 43.0. The monoisotopic (exact) mass is 655 g/mol. The largest absolute Gasteiger partial charge is 0.300 e. The molecule has 0 saturated carbocycles. The van der Waals surface area contributed by atoms with Gasteiger partial charge in [0, 0.05) is 19.3 Å². The molecule has 0 aliphatic heterocycles. The molecular weight excluding hydrogens is 577 g/mol. The topological polar surface area (TPSA) is 34.1 Å². The van der Waals surface area contributed by atoms with Gasteiger partial charge in [-0.2, -0.15) is 25.3 Å². The third-order valence-corrected chi connectivity index (χ3v) is 10.4. The van der Waals surface area contributed by atoms with Crippen LogP contribution >= 0.6 is 25.3 Å². The zero-order valence-corrected chi connectivity index (χ0v) is 31.7. The quantitative estimate of drug-likeness (QED) is 0.0397. The normalized spacial score (nSPS) is 11.8. The van der Waals surface area contributed by atoms with Crippen LogP contribution in [-0.4, -0.2) is 15.6 Å². The number of rotatable bonds is 37. The maximum atomic E-state index is 12.7. The Kier molecular flexibility index (Phi) is 34.4. The molecule has 0 fully saturated rings. The van der Waals surface area contributed by atoms with E-state index >= 15 is 0 Å². The summed E-state index contributed by atoms with van der Waals surface area (Å²) in [4.78, 5) is 24.9. The van der Waals surface area contributed by atoms with E-state index in [1.807, 2.05) is 0 Å². The van der Waals surface area contributed by atoms with Crippen molar-refractivity contribution in [2.45, 2.75) is 243 Å². The summed E-state index contributed by atoms with van der Waals surface area (Å²) < 4.78 is -0.777. The second-order valence-corrected chi connectivity index (χ2v) is 15.9. The number of hydrogen-bond donors (Lipinski definition) is 2. The van der Waals surface area contributed by atoms with Crippen LogP contribution in [0.15, 0.2) is 0 Å². The molecule has 0 rings (SSSR count). The first-order valence-corrected chi connectivity index (χ1v) is 20.8. The van der Waals surface area contributed by atoms with E-state index in [1.54, 1.807) is 0 Å². The minimum atomic E-state index is -0.777. The smallest absolute Gasteiger partial charge is 0.158 e. The molecule has 0 aliphatic carbocycles. The summed E-state index contributed by atoms with van der Waals surface area (Å²) in [7, 11) is 0. The van der Waals surface area contributed by atoms with Crippen LogP contribution in [0.25, 0.3) is 0 Å². The summed E-state index contributed by atoms with van der Waals surface area (Å²) in [6, 6.07) is 0. The lowest BCUT2D eigenvalue weighted by molar-refractivity contribution is -0.120. The predicted molar refractivity (Wildman–Crippen MR) is 204 cm³/mol. The van der Waals surface area contributed by atoms with Crippen molar-refractivity contribution >= 4 is 36.8 Å². The Balaban J connectivity index is 3.48. The van der Waals surface area contributed by atoms with Gasteiger partial charge in [-0.3, -0.25) is 9.59 Å². The number of thiol groups is 2. The van der Waals surface area contributed by atoms with Crippen molar-refractivity contribution in [3.8, 4) is 0 Å². The molecular formula is C40H78O2S2. The average Bonchev–Trinajstić information content (AvgIpc) is 3.01. The fourth-order valence-electron chi connectivity index (χ4n) is 6.33. The molecule has 0 amide bonds. The molecule has 0 radical (unpaired) electrons. The standard InChI is InChI=1S/C40H78O2S2/c1-3-5-7-9-11-13-15-17-19-21-23-26-30-34-38(41)35-31-27-25-29-33-37-40(43,44)39(42)36-32-28-24-22-20-18-16-14-12-10-8-6-4-2/h43-44H,3-37H2,1-2H3. The van der Waals surface area contributed by atoms with Gasteiger partial charge in [-0.1, -0.05) is 194 Å². The maximum Gasteiger partial charge on any atom is 0.158 e. The third kappa shape index (κ3) is 32.0. The minimum Gasteiger partial charge on any atom is -0.300 e. The molecule has 0 saturated heterocycles. The SMILES string of the molecule is CCCCCCCCCCCCCCCC(=O)CCCCCCCC(S)(S)C(=O)CCCCCCCCCCCCCCC. The van der Waals surface area contributed by atoms with E-state index in [2.05, 4.69) is 39.1 Å². The van der Waals surface area contributed by atoms with Crippen LogP contribution in [-0.2, 0) is 9.59 Å². The Morgan fingerprint density at radius 1 is 0.364 bits per heavy atom. The van der Waals surface area contributed by atoms with Gasteiger partial charge in [0.05, 0.1) is 0 Å². The van der Waals surface area contributed by atoms with Crippen molar-refractivity contribution in [2.24, 2.45) is 0 Å². The number of hydrogen-bond acceptors (Lipinski definition) is 4. The van der Waals surface area contributed by atoms with E-state index in [1.165, 1.54) is 148 Å². The number of carbonyl (C=O) groups excluding carboxylic acids is 2. The molecule has 0 aromatic heterocycles. The van der Waals surface area contributed by atoms with E-state index < -0.39 is 4.08 Å². The lowest BCUT2D eigenvalue weighted by Gasteiger charge is -2.21. The molecule has 0 bridgehead atoms. The van der Waals surface area contributed by atoms with Crippen LogP contribution in [0, 0.1) is 0 Å². The highest BCUT2D eigenvalue weighted by atomic mass is 32.2.